The molecule has 31 heavy (non-hydrogen) atoms. The summed E-state index contributed by atoms with van der Waals surface area (Å²) in [6, 6.07) is 8.74. The van der Waals surface area contributed by atoms with Crippen molar-refractivity contribution >= 4 is 43.8 Å². The van der Waals surface area contributed by atoms with Crippen molar-refractivity contribution < 1.29 is 26.9 Å². The number of benzene rings is 2. The molecule has 0 aliphatic rings. The van der Waals surface area contributed by atoms with Crippen LogP contribution in [0.4, 0.5) is 25.3 Å². The molecule has 0 bridgehead atoms. The number of nitro groups is 1. The average Bonchev–Trinajstić information content (AvgIpc) is 3.17. The van der Waals surface area contributed by atoms with Crippen LogP contribution in [0.1, 0.15) is 27.4 Å². The lowest BCUT2D eigenvalue weighted by atomic mass is 10.2. The molecule has 1 heterocycles. The van der Waals surface area contributed by atoms with Gasteiger partial charge in [0.15, 0.2) is 5.01 Å². The van der Waals surface area contributed by atoms with Gasteiger partial charge in [0.05, 0.1) is 9.82 Å². The fraction of sp³-hybridized carbons (Fsp3) is 0.118. The lowest BCUT2D eigenvalue weighted by molar-refractivity contribution is -0.385. The van der Waals surface area contributed by atoms with Crippen LogP contribution in [-0.2, 0) is 10.0 Å². The normalized spacial score (nSPS) is 11.4. The van der Waals surface area contributed by atoms with Crippen molar-refractivity contribution in [1.29, 1.82) is 0 Å². The zero-order chi connectivity index (χ0) is 22.8. The maximum Gasteiger partial charge on any atom is 0.291 e. The quantitative estimate of drug-likeness (QED) is 0.396. The highest BCUT2D eigenvalue weighted by molar-refractivity contribution is 7.92. The minimum atomic E-state index is -4.12. The van der Waals surface area contributed by atoms with Crippen LogP contribution in [0.5, 0.6) is 0 Å². The topological polar surface area (TPSA) is 144 Å². The highest BCUT2D eigenvalue weighted by atomic mass is 32.2. The number of carbonyl (C=O) groups excluding carboxylic acids is 1. The van der Waals surface area contributed by atoms with Gasteiger partial charge in [-0.25, -0.2) is 17.2 Å². The van der Waals surface area contributed by atoms with Crippen molar-refractivity contribution in [1.82, 2.24) is 10.2 Å². The van der Waals surface area contributed by atoms with Gasteiger partial charge < -0.3 is 0 Å². The van der Waals surface area contributed by atoms with Gasteiger partial charge >= 0.3 is 0 Å². The van der Waals surface area contributed by atoms with E-state index in [9.17, 15) is 32.1 Å². The van der Waals surface area contributed by atoms with Gasteiger partial charge in [-0.2, -0.15) is 0 Å². The number of aryl methyl sites for hydroxylation is 1. The summed E-state index contributed by atoms with van der Waals surface area (Å²) in [7, 11) is -4.12. The van der Waals surface area contributed by atoms with Crippen LogP contribution in [0.3, 0.4) is 0 Å². The van der Waals surface area contributed by atoms with E-state index < -0.39 is 32.3 Å². The molecule has 0 saturated heterocycles. The first kappa shape index (κ1) is 22.2. The second-order valence-electron chi connectivity index (χ2n) is 6.09. The lowest BCUT2D eigenvalue weighted by Gasteiger charge is -2.09. The molecule has 2 aromatic carbocycles. The van der Waals surface area contributed by atoms with E-state index in [1.165, 1.54) is 43.3 Å². The molecule has 162 valence electrons. The first-order valence-electron chi connectivity index (χ1n) is 8.37. The Kier molecular flexibility index (Phi) is 6.21. The van der Waals surface area contributed by atoms with Gasteiger partial charge in [0, 0.05) is 22.9 Å². The maximum absolute atomic E-state index is 12.5. The molecular weight excluding hydrogens is 456 g/mol. The molecule has 0 spiro atoms. The van der Waals surface area contributed by atoms with Crippen LogP contribution in [0, 0.1) is 17.0 Å². The Bertz CT molecular complexity index is 1250. The smallest absolute Gasteiger partial charge is 0.291 e. The Hall–Kier alpha value is -3.52. The van der Waals surface area contributed by atoms with Gasteiger partial charge in [-0.3, -0.25) is 24.9 Å². The van der Waals surface area contributed by atoms with E-state index in [0.29, 0.717) is 16.9 Å². The number of hydrogen-bond donors (Lipinski definition) is 2. The monoisotopic (exact) mass is 469 g/mol. The number of aromatic nitrogens is 2. The van der Waals surface area contributed by atoms with E-state index in [2.05, 4.69) is 20.2 Å². The molecule has 0 radical (unpaired) electrons. The fourth-order valence-electron chi connectivity index (χ4n) is 2.40. The van der Waals surface area contributed by atoms with Crippen LogP contribution in [0.15, 0.2) is 47.4 Å². The standard InChI is InChI=1S/C17H13F2N5O5S2/c1-9-2-7-12(8-13(9)24(26)27)31(28,29)23-11-5-3-10(4-6-11)15(25)20-17-22-21-16(30-17)14(18)19/h2-8,14,23H,1H3,(H,20,22,25). The Morgan fingerprint density at radius 3 is 2.42 bits per heavy atom. The molecule has 0 atom stereocenters. The number of hydrogen-bond acceptors (Lipinski definition) is 8. The third kappa shape index (κ3) is 5.16. The van der Waals surface area contributed by atoms with E-state index >= 15 is 0 Å². The van der Waals surface area contributed by atoms with Crippen molar-refractivity contribution in [2.24, 2.45) is 0 Å². The minimum Gasteiger partial charge on any atom is -0.296 e. The Balaban J connectivity index is 1.73. The van der Waals surface area contributed by atoms with Gasteiger partial charge in [-0.05, 0) is 37.3 Å². The van der Waals surface area contributed by atoms with Gasteiger partial charge in [-0.15, -0.1) is 10.2 Å². The van der Waals surface area contributed by atoms with E-state index in [0.717, 1.165) is 6.07 Å². The van der Waals surface area contributed by atoms with Crippen molar-refractivity contribution in [3.8, 4) is 0 Å². The van der Waals surface area contributed by atoms with E-state index in [-0.39, 0.29) is 27.0 Å². The Labute approximate surface area is 178 Å². The van der Waals surface area contributed by atoms with Crippen LogP contribution < -0.4 is 10.0 Å². The molecule has 1 amide bonds. The summed E-state index contributed by atoms with van der Waals surface area (Å²) in [4.78, 5) is 22.2. The summed E-state index contributed by atoms with van der Waals surface area (Å²) in [6.45, 7) is 1.49. The minimum absolute atomic E-state index is 0.106. The Morgan fingerprint density at radius 1 is 1.16 bits per heavy atom. The summed E-state index contributed by atoms with van der Waals surface area (Å²) in [6.07, 6.45) is -2.80. The average molecular weight is 469 g/mol. The van der Waals surface area contributed by atoms with Crippen LogP contribution in [0.25, 0.3) is 0 Å². The molecule has 10 nitrogen and oxygen atoms in total. The summed E-state index contributed by atoms with van der Waals surface area (Å²) < 4.78 is 52.4. The fourth-order valence-corrected chi connectivity index (χ4v) is 4.07. The molecule has 1 aromatic heterocycles. The summed E-state index contributed by atoms with van der Waals surface area (Å²) in [5.41, 5.74) is 0.204. The summed E-state index contributed by atoms with van der Waals surface area (Å²) in [5.74, 6) is -0.652. The molecule has 2 N–H and O–H groups in total. The number of rotatable bonds is 7. The second-order valence-corrected chi connectivity index (χ2v) is 8.78. The molecule has 3 rings (SSSR count). The summed E-state index contributed by atoms with van der Waals surface area (Å²) >= 11 is 0.533. The molecule has 3 aromatic rings. The predicted octanol–water partition coefficient (Wildman–Crippen LogP) is 3.75. The number of sulfonamides is 1. The van der Waals surface area contributed by atoms with Crippen molar-refractivity contribution in [3.63, 3.8) is 0 Å². The number of anilines is 2. The van der Waals surface area contributed by atoms with E-state index in [1.807, 2.05) is 0 Å². The molecule has 0 aliphatic carbocycles. The van der Waals surface area contributed by atoms with Crippen LogP contribution in [-0.4, -0.2) is 29.4 Å². The number of amides is 1. The molecule has 0 unspecified atom stereocenters. The van der Waals surface area contributed by atoms with Gasteiger partial charge in [0.1, 0.15) is 0 Å². The van der Waals surface area contributed by atoms with Gasteiger partial charge in [0.2, 0.25) is 5.13 Å². The second kappa shape index (κ2) is 8.69. The van der Waals surface area contributed by atoms with Crippen molar-refractivity contribution in [2.45, 2.75) is 18.2 Å². The summed E-state index contributed by atoms with van der Waals surface area (Å²) in [5, 5.41) is 19.4. The molecule has 0 saturated carbocycles. The zero-order valence-electron chi connectivity index (χ0n) is 15.6. The van der Waals surface area contributed by atoms with E-state index in [1.54, 1.807) is 0 Å². The molecule has 0 fully saturated rings. The number of nitrogens with zero attached hydrogens (tertiary/aromatic N) is 3. The Morgan fingerprint density at radius 2 is 1.84 bits per heavy atom. The SMILES string of the molecule is Cc1ccc(S(=O)(=O)Nc2ccc(C(=O)Nc3nnc(C(F)F)s3)cc2)cc1[N+](=O)[O-]. The third-order valence-electron chi connectivity index (χ3n) is 3.93. The highest BCUT2D eigenvalue weighted by Crippen LogP contribution is 2.26. The van der Waals surface area contributed by atoms with Crippen molar-refractivity contribution in [3.05, 3.63) is 68.7 Å². The van der Waals surface area contributed by atoms with E-state index in [4.69, 9.17) is 0 Å². The first-order valence-corrected chi connectivity index (χ1v) is 10.7. The number of alkyl halides is 2. The van der Waals surface area contributed by atoms with Gasteiger partial charge in [-0.1, -0.05) is 17.4 Å². The molecule has 0 aliphatic heterocycles. The predicted molar refractivity (Wildman–Crippen MR) is 108 cm³/mol. The molecule has 14 heteroatoms. The third-order valence-corrected chi connectivity index (χ3v) is 6.16. The maximum atomic E-state index is 12.5. The molecular formula is C17H13F2N5O5S2. The number of nitrogens with one attached hydrogen (secondary N) is 2. The van der Waals surface area contributed by atoms with Crippen molar-refractivity contribution in [2.75, 3.05) is 10.0 Å². The highest BCUT2D eigenvalue weighted by Gasteiger charge is 2.20. The number of halogens is 2. The largest absolute Gasteiger partial charge is 0.296 e. The zero-order valence-corrected chi connectivity index (χ0v) is 17.2. The van der Waals surface area contributed by atoms with Crippen LogP contribution in [0.2, 0.25) is 0 Å². The number of carbonyl (C=O) groups is 1. The van der Waals surface area contributed by atoms with Crippen LogP contribution >= 0.6 is 11.3 Å². The number of nitro benzene ring substituents is 1. The first-order chi connectivity index (χ1) is 14.6. The lowest BCUT2D eigenvalue weighted by Crippen LogP contribution is -2.14. The van der Waals surface area contributed by atoms with Gasteiger partial charge in [0.25, 0.3) is 28.0 Å².